The number of hydrogen-bond donors (Lipinski definition) is 6. The van der Waals surface area contributed by atoms with E-state index in [2.05, 4.69) is 5.32 Å². The summed E-state index contributed by atoms with van der Waals surface area (Å²) in [6.07, 6.45) is -11.1. The minimum Gasteiger partial charge on any atom is -0.476 e. The van der Waals surface area contributed by atoms with Crippen molar-refractivity contribution in [2.24, 2.45) is 0 Å². The molecule has 0 saturated carbocycles. The highest BCUT2D eigenvalue weighted by Crippen LogP contribution is 2.37. The van der Waals surface area contributed by atoms with Crippen molar-refractivity contribution in [3.05, 3.63) is 34.4 Å². The number of alkyl halides is 1. The first-order valence-electron chi connectivity index (χ1n) is 8.85. The first-order chi connectivity index (χ1) is 14.4. The number of carboxylic acid groups (broad SMARTS) is 1. The molecule has 0 aromatic heterocycles. The van der Waals surface area contributed by atoms with Gasteiger partial charge in [0.05, 0.1) is 17.6 Å². The van der Waals surface area contributed by atoms with Crippen LogP contribution in [0.2, 0.25) is 0 Å². The van der Waals surface area contributed by atoms with Gasteiger partial charge in [-0.25, -0.2) is 9.18 Å². The highest BCUT2D eigenvalue weighted by molar-refractivity contribution is 5.78. The van der Waals surface area contributed by atoms with E-state index in [0.29, 0.717) is 0 Å². The Morgan fingerprint density at radius 1 is 1.35 bits per heavy atom. The maximum atomic E-state index is 15.1. The molecule has 13 nitrogen and oxygen atoms in total. The zero-order valence-corrected chi connectivity index (χ0v) is 16.0. The number of amides is 1. The predicted octanol–water partition coefficient (Wildman–Crippen LogP) is -1.93. The molecule has 0 unspecified atom stereocenters. The number of hydrogen-bond acceptors (Lipinski definition) is 10. The average molecular weight is 448 g/mol. The fourth-order valence-corrected chi connectivity index (χ4v) is 3.06. The smallest absolute Gasteiger partial charge is 0.380 e. The Bertz CT molecular complexity index is 823. The molecule has 2 rings (SSSR count). The molecule has 0 bridgehead atoms. The third-order valence-corrected chi connectivity index (χ3v) is 4.60. The summed E-state index contributed by atoms with van der Waals surface area (Å²) in [6.45, 7) is -0.00938. The van der Waals surface area contributed by atoms with Gasteiger partial charge in [0.1, 0.15) is 30.2 Å². The van der Waals surface area contributed by atoms with Crippen molar-refractivity contribution in [1.29, 1.82) is 0 Å². The second-order valence-corrected chi connectivity index (χ2v) is 6.77. The Hall–Kier alpha value is -2.91. The number of carbonyl (C=O) groups excluding carboxylic acids is 1. The number of benzene rings is 1. The van der Waals surface area contributed by atoms with Gasteiger partial charge in [-0.15, -0.1) is 0 Å². The van der Waals surface area contributed by atoms with Crippen molar-refractivity contribution in [1.82, 2.24) is 5.32 Å². The second kappa shape index (κ2) is 9.49. The minimum absolute atomic E-state index is 0.372. The fourth-order valence-electron chi connectivity index (χ4n) is 3.06. The van der Waals surface area contributed by atoms with Crippen LogP contribution in [0.15, 0.2) is 24.3 Å². The van der Waals surface area contributed by atoms with E-state index in [9.17, 15) is 40.1 Å². The number of ether oxygens (including phenoxy) is 2. The molecule has 0 spiro atoms. The average Bonchev–Trinajstić information content (AvgIpc) is 2.72. The van der Waals surface area contributed by atoms with Crippen molar-refractivity contribution >= 4 is 17.6 Å². The lowest BCUT2D eigenvalue weighted by atomic mass is 9.87. The third kappa shape index (κ3) is 4.88. The zero-order chi connectivity index (χ0) is 23.5. The number of nitro benzene ring substituents is 1. The Morgan fingerprint density at radius 2 is 1.94 bits per heavy atom. The molecule has 1 aromatic carbocycles. The maximum absolute atomic E-state index is 15.1. The van der Waals surface area contributed by atoms with Gasteiger partial charge in [-0.05, 0) is 12.1 Å². The van der Waals surface area contributed by atoms with Crippen molar-refractivity contribution in [3.63, 3.8) is 0 Å². The molecular weight excluding hydrogens is 427 g/mol. The van der Waals surface area contributed by atoms with Gasteiger partial charge in [0.25, 0.3) is 5.69 Å². The van der Waals surface area contributed by atoms with Gasteiger partial charge in [-0.1, -0.05) is 0 Å². The number of aliphatic hydroxyl groups excluding tert-OH is 4. The number of nitrogens with one attached hydrogen (secondary N) is 1. The summed E-state index contributed by atoms with van der Waals surface area (Å²) in [6, 6.07) is 2.08. The number of nitro groups is 1. The molecule has 1 amide bonds. The summed E-state index contributed by atoms with van der Waals surface area (Å²) in [5.41, 5.74) is -0.372. The highest BCUT2D eigenvalue weighted by Gasteiger charge is 2.64. The summed E-state index contributed by atoms with van der Waals surface area (Å²) in [5.74, 6) is -6.54. The van der Waals surface area contributed by atoms with Gasteiger partial charge in [0.15, 0.2) is 0 Å². The van der Waals surface area contributed by atoms with E-state index in [1.165, 1.54) is 0 Å². The van der Waals surface area contributed by atoms with E-state index in [1.54, 1.807) is 0 Å². The van der Waals surface area contributed by atoms with Crippen LogP contribution in [0.5, 0.6) is 5.75 Å². The molecule has 1 fully saturated rings. The maximum Gasteiger partial charge on any atom is 0.380 e. The molecule has 1 saturated heterocycles. The van der Waals surface area contributed by atoms with Crippen molar-refractivity contribution < 1.29 is 53.9 Å². The molecule has 172 valence electrons. The minimum atomic E-state index is -3.27. The van der Waals surface area contributed by atoms with E-state index in [4.69, 9.17) is 14.6 Å². The lowest BCUT2D eigenvalue weighted by Gasteiger charge is -2.48. The highest BCUT2D eigenvalue weighted by atomic mass is 19.1. The lowest BCUT2D eigenvalue weighted by molar-refractivity contribution is -0.384. The van der Waals surface area contributed by atoms with E-state index >= 15 is 4.39 Å². The molecule has 14 heteroatoms. The number of aliphatic carboxylic acids is 1. The molecule has 7 atom stereocenters. The first-order valence-corrected chi connectivity index (χ1v) is 8.85. The Kier molecular flexibility index (Phi) is 7.45. The Morgan fingerprint density at radius 3 is 2.39 bits per heavy atom. The van der Waals surface area contributed by atoms with Crippen LogP contribution in [0.3, 0.4) is 0 Å². The number of non-ortho nitro benzene ring substituents is 1. The van der Waals surface area contributed by atoms with Gasteiger partial charge in [0, 0.05) is 19.1 Å². The Balaban J connectivity index is 2.48. The summed E-state index contributed by atoms with van der Waals surface area (Å²) < 4.78 is 25.4. The van der Waals surface area contributed by atoms with Crippen LogP contribution >= 0.6 is 0 Å². The zero-order valence-electron chi connectivity index (χ0n) is 16.0. The fraction of sp³-hybridized carbons (Fsp3) is 0.529. The van der Waals surface area contributed by atoms with E-state index < -0.39 is 71.6 Å². The van der Waals surface area contributed by atoms with Gasteiger partial charge in [-0.2, -0.15) is 0 Å². The van der Waals surface area contributed by atoms with Crippen molar-refractivity contribution in [2.75, 3.05) is 6.61 Å². The van der Waals surface area contributed by atoms with Gasteiger partial charge < -0.3 is 40.3 Å². The van der Waals surface area contributed by atoms with Crippen molar-refractivity contribution in [3.8, 4) is 5.75 Å². The monoisotopic (exact) mass is 448 g/mol. The topological polar surface area (TPSA) is 209 Å². The standard InChI is InChI=1S/C17H21FN2O11/c1-7(22)19-11-13(25)15(18)17(16(26)27,31-14(11)12(24)10(23)6-21)30-9-4-2-8(3-5-9)20(28)29/h2-5,10-15,21,23-25H,6H2,1H3,(H,19,22)(H,26,27)/t10-,11-,12-,13-,14-,15-,17-/m1/s1. The van der Waals surface area contributed by atoms with Crippen LogP contribution < -0.4 is 10.1 Å². The summed E-state index contributed by atoms with van der Waals surface area (Å²) >= 11 is 0. The number of carboxylic acids is 1. The van der Waals surface area contributed by atoms with Crippen LogP contribution in [-0.4, -0.2) is 91.4 Å². The molecule has 31 heavy (non-hydrogen) atoms. The summed E-state index contributed by atoms with van der Waals surface area (Å²) in [7, 11) is 0. The molecule has 0 radical (unpaired) electrons. The second-order valence-electron chi connectivity index (χ2n) is 6.77. The predicted molar refractivity (Wildman–Crippen MR) is 96.6 cm³/mol. The van der Waals surface area contributed by atoms with E-state index in [-0.39, 0.29) is 5.69 Å². The number of rotatable bonds is 8. The summed E-state index contributed by atoms with van der Waals surface area (Å²) in [4.78, 5) is 33.4. The molecule has 1 aliphatic heterocycles. The first kappa shape index (κ1) is 24.4. The van der Waals surface area contributed by atoms with Gasteiger partial charge in [-0.3, -0.25) is 14.9 Å². The number of aliphatic hydroxyl groups is 4. The quantitative estimate of drug-likeness (QED) is 0.190. The van der Waals surface area contributed by atoms with Crippen LogP contribution in [0.25, 0.3) is 0 Å². The van der Waals surface area contributed by atoms with E-state index in [1.807, 2.05) is 0 Å². The lowest BCUT2D eigenvalue weighted by Crippen LogP contribution is -2.74. The van der Waals surface area contributed by atoms with Crippen LogP contribution in [0, 0.1) is 10.1 Å². The normalized spacial score (nSPS) is 30.1. The molecule has 1 heterocycles. The van der Waals surface area contributed by atoms with Gasteiger partial charge in [0.2, 0.25) is 12.1 Å². The van der Waals surface area contributed by atoms with E-state index in [0.717, 1.165) is 31.2 Å². The molecule has 0 aliphatic carbocycles. The van der Waals surface area contributed by atoms with Gasteiger partial charge >= 0.3 is 11.8 Å². The molecule has 1 aromatic rings. The third-order valence-electron chi connectivity index (χ3n) is 4.60. The molecular formula is C17H21FN2O11. The molecule has 1 aliphatic rings. The Labute approximate surface area is 173 Å². The van der Waals surface area contributed by atoms with Crippen LogP contribution in [-0.2, 0) is 14.3 Å². The van der Waals surface area contributed by atoms with Crippen LogP contribution in [0.4, 0.5) is 10.1 Å². The number of halogens is 1. The molecule has 6 N–H and O–H groups in total. The largest absolute Gasteiger partial charge is 0.476 e. The number of nitrogens with zero attached hydrogens (tertiary/aromatic N) is 1. The summed E-state index contributed by atoms with van der Waals surface area (Å²) in [5, 5.41) is 62.0. The van der Waals surface area contributed by atoms with Crippen LogP contribution in [0.1, 0.15) is 6.92 Å². The number of carbonyl (C=O) groups is 2. The SMILES string of the molecule is CC(=O)N[C@@H]1[C@@H](O)[C@@H](F)[C@](Oc2ccc([N+](=O)[O-])cc2)(C(=O)O)O[C@H]1[C@H](O)[C@H](O)CO. The van der Waals surface area contributed by atoms with Crippen molar-refractivity contribution in [2.45, 2.75) is 49.3 Å².